The molecule has 2 aromatic heterocycles. The second kappa shape index (κ2) is 8.79. The lowest BCUT2D eigenvalue weighted by atomic mass is 10.1. The first-order valence-electron chi connectivity index (χ1n) is 9.98. The summed E-state index contributed by atoms with van der Waals surface area (Å²) < 4.78 is 40.3. The van der Waals surface area contributed by atoms with E-state index < -0.39 is 17.8 Å². The molecule has 162 valence electrons. The molecule has 31 heavy (non-hydrogen) atoms. The predicted molar refractivity (Wildman–Crippen MR) is 113 cm³/mol. The fourth-order valence-corrected chi connectivity index (χ4v) is 3.71. The highest BCUT2D eigenvalue weighted by Gasteiger charge is 2.20. The van der Waals surface area contributed by atoms with Crippen molar-refractivity contribution in [3.05, 3.63) is 59.7 Å². The molecule has 0 saturated carbocycles. The summed E-state index contributed by atoms with van der Waals surface area (Å²) in [4.78, 5) is 24.3. The lowest BCUT2D eigenvalue weighted by Crippen LogP contribution is -2.48. The van der Waals surface area contributed by atoms with Gasteiger partial charge < -0.3 is 15.1 Å². The molecule has 1 amide bonds. The molecule has 1 N–H and O–H groups in total. The normalized spacial score (nSPS) is 14.4. The molecule has 6 nitrogen and oxygen atoms in total. The van der Waals surface area contributed by atoms with Crippen LogP contribution < -0.4 is 10.2 Å². The topological polar surface area (TPSA) is 61.4 Å². The van der Waals surface area contributed by atoms with Gasteiger partial charge in [-0.1, -0.05) is 18.2 Å². The number of aromatic nitrogens is 2. The molecule has 0 atom stereocenters. The Bertz CT molecular complexity index is 1100. The van der Waals surface area contributed by atoms with Crippen LogP contribution in [-0.4, -0.2) is 47.0 Å². The third kappa shape index (κ3) is 4.40. The lowest BCUT2D eigenvalue weighted by Gasteiger charge is -2.35. The van der Waals surface area contributed by atoms with Gasteiger partial charge in [0.05, 0.1) is 17.3 Å². The van der Waals surface area contributed by atoms with E-state index in [-0.39, 0.29) is 18.0 Å². The van der Waals surface area contributed by atoms with Crippen molar-refractivity contribution in [2.24, 2.45) is 0 Å². The molecule has 0 unspecified atom stereocenters. The summed E-state index contributed by atoms with van der Waals surface area (Å²) in [6.45, 7) is 4.23. The average Bonchev–Trinajstić information content (AvgIpc) is 2.78. The highest BCUT2D eigenvalue weighted by Crippen LogP contribution is 2.28. The Morgan fingerprint density at radius 1 is 1.16 bits per heavy atom. The molecule has 1 saturated heterocycles. The van der Waals surface area contributed by atoms with E-state index in [2.05, 4.69) is 20.2 Å². The van der Waals surface area contributed by atoms with E-state index in [9.17, 15) is 18.0 Å². The van der Waals surface area contributed by atoms with Gasteiger partial charge in [0.15, 0.2) is 0 Å². The molecule has 1 aromatic carbocycles. The highest BCUT2D eigenvalue weighted by molar-refractivity contribution is 5.92. The average molecular weight is 429 g/mol. The smallest absolute Gasteiger partial charge is 0.266 e. The minimum Gasteiger partial charge on any atom is -0.380 e. The quantitative estimate of drug-likeness (QED) is 0.665. The van der Waals surface area contributed by atoms with Gasteiger partial charge in [-0.3, -0.25) is 9.78 Å². The van der Waals surface area contributed by atoms with Crippen molar-refractivity contribution in [2.75, 3.05) is 36.4 Å². The fraction of sp³-hybridized carbons (Fsp3) is 0.318. The number of hydrogen-bond acceptors (Lipinski definition) is 5. The van der Waals surface area contributed by atoms with Gasteiger partial charge in [0.1, 0.15) is 11.6 Å². The number of pyridine rings is 2. The molecule has 0 spiro atoms. The van der Waals surface area contributed by atoms with Crippen molar-refractivity contribution in [2.45, 2.75) is 19.9 Å². The van der Waals surface area contributed by atoms with Crippen LogP contribution in [-0.2, 0) is 11.3 Å². The standard InChI is InChI=1S/C22H22F3N5O/c1-14(31)29-7-9-30(10-8-29)20-11-17-18(5-6-26-19(17)13-28-20)27-12-15-3-2-4-16(21(15)23)22(24)25/h2-6,11,13,22H,7-10,12H2,1H3,(H,26,27). The number of nitrogens with one attached hydrogen (secondary N) is 1. The second-order valence-corrected chi connectivity index (χ2v) is 7.39. The summed E-state index contributed by atoms with van der Waals surface area (Å²) in [6, 6.07) is 7.66. The molecular weight excluding hydrogens is 407 g/mol. The van der Waals surface area contributed by atoms with Crippen LogP contribution in [0.25, 0.3) is 10.9 Å². The van der Waals surface area contributed by atoms with E-state index in [0.29, 0.717) is 37.4 Å². The van der Waals surface area contributed by atoms with Crippen molar-refractivity contribution in [1.82, 2.24) is 14.9 Å². The molecule has 1 fully saturated rings. The van der Waals surface area contributed by atoms with Gasteiger partial charge in [0.25, 0.3) is 6.43 Å². The molecule has 0 radical (unpaired) electrons. The molecule has 3 heterocycles. The summed E-state index contributed by atoms with van der Waals surface area (Å²) in [5.74, 6) is -0.0726. The molecular formula is C22H22F3N5O. The van der Waals surface area contributed by atoms with Crippen LogP contribution in [0.2, 0.25) is 0 Å². The number of fused-ring (bicyclic) bond motifs is 1. The van der Waals surface area contributed by atoms with E-state index in [4.69, 9.17) is 0 Å². The Kier molecular flexibility index (Phi) is 5.92. The predicted octanol–water partition coefficient (Wildman–Crippen LogP) is 3.99. The van der Waals surface area contributed by atoms with Crippen LogP contribution in [0.1, 0.15) is 24.5 Å². The van der Waals surface area contributed by atoms with Crippen LogP contribution in [0.15, 0.2) is 42.7 Å². The zero-order chi connectivity index (χ0) is 22.0. The van der Waals surface area contributed by atoms with Crippen LogP contribution >= 0.6 is 0 Å². The number of alkyl halides is 2. The van der Waals surface area contributed by atoms with Gasteiger partial charge in [0, 0.05) is 62.5 Å². The van der Waals surface area contributed by atoms with Gasteiger partial charge in [-0.2, -0.15) is 0 Å². The number of benzene rings is 1. The zero-order valence-corrected chi connectivity index (χ0v) is 17.0. The van der Waals surface area contributed by atoms with Gasteiger partial charge in [0.2, 0.25) is 5.91 Å². The SMILES string of the molecule is CC(=O)N1CCN(c2cc3c(NCc4cccc(C(F)F)c4F)ccnc3cn2)CC1. The molecule has 0 bridgehead atoms. The number of carbonyl (C=O) groups is 1. The number of amides is 1. The number of halogens is 3. The first-order chi connectivity index (χ1) is 14.9. The van der Waals surface area contributed by atoms with Crippen molar-refractivity contribution < 1.29 is 18.0 Å². The van der Waals surface area contributed by atoms with Gasteiger partial charge >= 0.3 is 0 Å². The molecule has 4 rings (SSSR count). The Labute approximate surface area is 177 Å². The van der Waals surface area contributed by atoms with Crippen molar-refractivity contribution >= 4 is 28.3 Å². The number of rotatable bonds is 5. The van der Waals surface area contributed by atoms with Crippen molar-refractivity contribution in [1.29, 1.82) is 0 Å². The molecule has 1 aliphatic rings. The van der Waals surface area contributed by atoms with Crippen LogP contribution in [0.4, 0.5) is 24.7 Å². The Hall–Kier alpha value is -3.36. The Balaban J connectivity index is 1.56. The van der Waals surface area contributed by atoms with Gasteiger partial charge in [-0.15, -0.1) is 0 Å². The third-order valence-corrected chi connectivity index (χ3v) is 5.48. The van der Waals surface area contributed by atoms with E-state index in [1.807, 2.05) is 6.07 Å². The van der Waals surface area contributed by atoms with Gasteiger partial charge in [-0.25, -0.2) is 18.2 Å². The summed E-state index contributed by atoms with van der Waals surface area (Å²) in [7, 11) is 0. The minimum absolute atomic E-state index is 0.0560. The first-order valence-corrected chi connectivity index (χ1v) is 9.98. The number of anilines is 2. The Morgan fingerprint density at radius 3 is 2.65 bits per heavy atom. The molecule has 3 aromatic rings. The number of piperazine rings is 1. The van der Waals surface area contributed by atoms with E-state index in [1.54, 1.807) is 30.3 Å². The molecule has 1 aliphatic heterocycles. The highest BCUT2D eigenvalue weighted by atomic mass is 19.3. The van der Waals surface area contributed by atoms with Gasteiger partial charge in [-0.05, 0) is 12.1 Å². The summed E-state index contributed by atoms with van der Waals surface area (Å²) >= 11 is 0. The van der Waals surface area contributed by atoms with Crippen LogP contribution in [0.3, 0.4) is 0 Å². The fourth-order valence-electron chi connectivity index (χ4n) is 3.71. The largest absolute Gasteiger partial charge is 0.380 e. The maximum absolute atomic E-state index is 14.4. The molecule has 9 heteroatoms. The number of hydrogen-bond donors (Lipinski definition) is 1. The molecule has 0 aliphatic carbocycles. The first kappa shape index (κ1) is 20.9. The number of nitrogens with zero attached hydrogens (tertiary/aromatic N) is 4. The number of carbonyl (C=O) groups excluding carboxylic acids is 1. The lowest BCUT2D eigenvalue weighted by molar-refractivity contribution is -0.129. The van der Waals surface area contributed by atoms with E-state index in [1.165, 1.54) is 12.1 Å². The van der Waals surface area contributed by atoms with E-state index >= 15 is 0 Å². The van der Waals surface area contributed by atoms with Crippen LogP contribution in [0.5, 0.6) is 0 Å². The third-order valence-electron chi connectivity index (χ3n) is 5.48. The van der Waals surface area contributed by atoms with Crippen molar-refractivity contribution in [3.63, 3.8) is 0 Å². The monoisotopic (exact) mass is 429 g/mol. The Morgan fingerprint density at radius 2 is 1.94 bits per heavy atom. The summed E-state index contributed by atoms with van der Waals surface area (Å²) in [5.41, 5.74) is 0.934. The maximum Gasteiger partial charge on any atom is 0.266 e. The maximum atomic E-state index is 14.4. The second-order valence-electron chi connectivity index (χ2n) is 7.39. The summed E-state index contributed by atoms with van der Waals surface area (Å²) in [5, 5.41) is 3.94. The van der Waals surface area contributed by atoms with E-state index in [0.717, 1.165) is 17.3 Å². The summed E-state index contributed by atoms with van der Waals surface area (Å²) in [6.07, 6.45) is 0.424. The minimum atomic E-state index is -2.86. The van der Waals surface area contributed by atoms with Crippen molar-refractivity contribution in [3.8, 4) is 0 Å². The van der Waals surface area contributed by atoms with Crippen LogP contribution in [0, 0.1) is 5.82 Å². The zero-order valence-electron chi connectivity index (χ0n) is 17.0.